The Bertz CT molecular complexity index is 572. The molecule has 96 valence electrons. The number of fused-ring (bicyclic) bond motifs is 1. The van der Waals surface area contributed by atoms with Gasteiger partial charge in [0, 0.05) is 6.42 Å². The van der Waals surface area contributed by atoms with Crippen molar-refractivity contribution in [2.75, 3.05) is 12.3 Å². The van der Waals surface area contributed by atoms with Gasteiger partial charge in [-0.3, -0.25) is 4.57 Å². The summed E-state index contributed by atoms with van der Waals surface area (Å²) in [5, 5.41) is 18.8. The van der Waals surface area contributed by atoms with Crippen molar-refractivity contribution in [2.24, 2.45) is 0 Å². The number of hydrogen-bond acceptors (Lipinski definition) is 7. The minimum absolute atomic E-state index is 0.221. The van der Waals surface area contributed by atoms with Gasteiger partial charge in [0.05, 0.1) is 19.0 Å². The number of imidazole rings is 1. The van der Waals surface area contributed by atoms with E-state index in [9.17, 15) is 5.11 Å². The molecule has 0 bridgehead atoms. The molecule has 0 saturated carbocycles. The molecular weight excluding hydrogens is 238 g/mol. The summed E-state index contributed by atoms with van der Waals surface area (Å²) in [6.07, 6.45) is 1.60. The number of rotatable bonds is 2. The molecule has 3 atom stereocenters. The predicted octanol–water partition coefficient (Wildman–Crippen LogP) is -0.951. The van der Waals surface area contributed by atoms with Crippen molar-refractivity contribution in [1.82, 2.24) is 19.5 Å². The maximum atomic E-state index is 9.71. The molecule has 0 spiro atoms. The van der Waals surface area contributed by atoms with Gasteiger partial charge in [0.25, 0.3) is 0 Å². The quantitative estimate of drug-likeness (QED) is 0.629. The molecule has 3 rings (SSSR count). The lowest BCUT2D eigenvalue weighted by molar-refractivity contribution is -0.0432. The SMILES string of the molecule is Nc1ncnc2c1ncn2[C@H]1C[C@@H](O)[C@@H](CO)O1. The molecule has 2 aromatic rings. The van der Waals surface area contributed by atoms with E-state index in [2.05, 4.69) is 15.0 Å². The molecule has 3 heterocycles. The third-order valence-corrected chi connectivity index (χ3v) is 3.08. The minimum atomic E-state index is -0.698. The monoisotopic (exact) mass is 251 g/mol. The molecule has 1 aliphatic rings. The van der Waals surface area contributed by atoms with Crippen LogP contribution in [0.5, 0.6) is 0 Å². The second kappa shape index (κ2) is 4.16. The van der Waals surface area contributed by atoms with Gasteiger partial charge in [0.1, 0.15) is 24.2 Å². The third kappa shape index (κ3) is 1.62. The Morgan fingerprint density at radius 2 is 2.28 bits per heavy atom. The van der Waals surface area contributed by atoms with Crippen LogP contribution in [0.15, 0.2) is 12.7 Å². The summed E-state index contributed by atoms with van der Waals surface area (Å²) >= 11 is 0. The fraction of sp³-hybridized carbons (Fsp3) is 0.500. The summed E-state index contributed by atoms with van der Waals surface area (Å²) in [5.74, 6) is 0.302. The molecule has 0 amide bonds. The van der Waals surface area contributed by atoms with Crippen LogP contribution in [0.1, 0.15) is 12.6 Å². The van der Waals surface area contributed by atoms with E-state index in [-0.39, 0.29) is 6.61 Å². The smallest absolute Gasteiger partial charge is 0.167 e. The van der Waals surface area contributed by atoms with Gasteiger partial charge < -0.3 is 20.7 Å². The van der Waals surface area contributed by atoms with Crippen molar-refractivity contribution in [3.8, 4) is 0 Å². The molecule has 0 radical (unpaired) electrons. The van der Waals surface area contributed by atoms with E-state index in [0.29, 0.717) is 23.4 Å². The Labute approximate surface area is 102 Å². The van der Waals surface area contributed by atoms with Crippen LogP contribution in [-0.2, 0) is 4.74 Å². The van der Waals surface area contributed by atoms with Gasteiger partial charge in [0.15, 0.2) is 11.5 Å². The first kappa shape index (κ1) is 11.3. The molecule has 1 fully saturated rings. The van der Waals surface area contributed by atoms with Crippen molar-refractivity contribution < 1.29 is 14.9 Å². The standard InChI is InChI=1S/C10H13N5O3/c11-9-8-10(13-3-12-9)15(4-14-8)7-1-5(17)6(2-16)18-7/h3-7,16-17H,1-2H2,(H2,11,12,13)/t5-,6-,7-/m1/s1. The Kier molecular flexibility index (Phi) is 2.62. The van der Waals surface area contributed by atoms with Gasteiger partial charge in [0.2, 0.25) is 0 Å². The van der Waals surface area contributed by atoms with Crippen LogP contribution < -0.4 is 5.73 Å². The lowest BCUT2D eigenvalue weighted by Gasteiger charge is -2.13. The lowest BCUT2D eigenvalue weighted by atomic mass is 10.2. The van der Waals surface area contributed by atoms with E-state index in [1.165, 1.54) is 6.33 Å². The average Bonchev–Trinajstić information content (AvgIpc) is 2.93. The Balaban J connectivity index is 1.99. The van der Waals surface area contributed by atoms with Crippen LogP contribution in [0.4, 0.5) is 5.82 Å². The third-order valence-electron chi connectivity index (χ3n) is 3.08. The summed E-state index contributed by atoms with van der Waals surface area (Å²) in [6.45, 7) is -0.221. The Morgan fingerprint density at radius 1 is 1.44 bits per heavy atom. The van der Waals surface area contributed by atoms with Crippen LogP contribution in [0, 0.1) is 0 Å². The Hall–Kier alpha value is -1.77. The first-order valence-electron chi connectivity index (χ1n) is 5.58. The number of aliphatic hydroxyl groups is 2. The zero-order chi connectivity index (χ0) is 12.7. The molecule has 0 unspecified atom stereocenters. The number of ether oxygens (including phenoxy) is 1. The fourth-order valence-electron chi connectivity index (χ4n) is 2.13. The van der Waals surface area contributed by atoms with Gasteiger partial charge in [-0.15, -0.1) is 0 Å². The highest BCUT2D eigenvalue weighted by Crippen LogP contribution is 2.30. The Morgan fingerprint density at radius 3 is 3.00 bits per heavy atom. The van der Waals surface area contributed by atoms with Crippen LogP contribution in [0.2, 0.25) is 0 Å². The number of anilines is 1. The van der Waals surface area contributed by atoms with Crippen LogP contribution in [0.3, 0.4) is 0 Å². The van der Waals surface area contributed by atoms with Crippen LogP contribution in [0.25, 0.3) is 11.2 Å². The van der Waals surface area contributed by atoms with Crippen molar-refractivity contribution in [3.63, 3.8) is 0 Å². The fourth-order valence-corrected chi connectivity index (χ4v) is 2.13. The zero-order valence-corrected chi connectivity index (χ0v) is 9.47. The molecule has 0 aliphatic carbocycles. The molecule has 1 aliphatic heterocycles. The van der Waals surface area contributed by atoms with Gasteiger partial charge in [-0.05, 0) is 0 Å². The average molecular weight is 251 g/mol. The molecule has 2 aromatic heterocycles. The van der Waals surface area contributed by atoms with E-state index in [1.807, 2.05) is 0 Å². The zero-order valence-electron chi connectivity index (χ0n) is 9.47. The van der Waals surface area contributed by atoms with Crippen LogP contribution >= 0.6 is 0 Å². The number of aliphatic hydroxyl groups excluding tert-OH is 2. The van der Waals surface area contributed by atoms with Gasteiger partial charge in [-0.25, -0.2) is 15.0 Å². The largest absolute Gasteiger partial charge is 0.394 e. The van der Waals surface area contributed by atoms with Crippen molar-refractivity contribution >= 4 is 17.0 Å². The van der Waals surface area contributed by atoms with Gasteiger partial charge >= 0.3 is 0 Å². The molecule has 18 heavy (non-hydrogen) atoms. The molecule has 8 heteroatoms. The van der Waals surface area contributed by atoms with E-state index < -0.39 is 18.4 Å². The summed E-state index contributed by atoms with van der Waals surface area (Å²) in [4.78, 5) is 12.1. The van der Waals surface area contributed by atoms with E-state index >= 15 is 0 Å². The normalized spacial score (nSPS) is 28.0. The van der Waals surface area contributed by atoms with E-state index in [1.54, 1.807) is 10.9 Å². The lowest BCUT2D eigenvalue weighted by Crippen LogP contribution is -2.24. The highest BCUT2D eigenvalue weighted by Gasteiger charge is 2.35. The molecule has 0 aromatic carbocycles. The summed E-state index contributed by atoms with van der Waals surface area (Å²) < 4.78 is 7.22. The number of nitrogens with zero attached hydrogens (tertiary/aromatic N) is 4. The maximum absolute atomic E-state index is 9.71. The molecule has 1 saturated heterocycles. The number of nitrogens with two attached hydrogens (primary N) is 1. The molecular formula is C10H13N5O3. The second-order valence-electron chi connectivity index (χ2n) is 4.20. The van der Waals surface area contributed by atoms with E-state index in [4.69, 9.17) is 15.6 Å². The molecule has 4 N–H and O–H groups in total. The van der Waals surface area contributed by atoms with Crippen molar-refractivity contribution in [2.45, 2.75) is 24.9 Å². The summed E-state index contributed by atoms with van der Waals surface area (Å²) in [5.41, 5.74) is 6.75. The minimum Gasteiger partial charge on any atom is -0.394 e. The topological polar surface area (TPSA) is 119 Å². The van der Waals surface area contributed by atoms with Crippen molar-refractivity contribution in [1.29, 1.82) is 0 Å². The van der Waals surface area contributed by atoms with Gasteiger partial charge in [-0.1, -0.05) is 0 Å². The van der Waals surface area contributed by atoms with Crippen molar-refractivity contribution in [3.05, 3.63) is 12.7 Å². The predicted molar refractivity (Wildman–Crippen MR) is 61.4 cm³/mol. The summed E-state index contributed by atoms with van der Waals surface area (Å²) in [6, 6.07) is 0. The second-order valence-corrected chi connectivity index (χ2v) is 4.20. The summed E-state index contributed by atoms with van der Waals surface area (Å²) in [7, 11) is 0. The van der Waals surface area contributed by atoms with Crippen LogP contribution in [-0.4, -0.2) is 48.5 Å². The number of nitrogen functional groups attached to an aromatic ring is 1. The number of hydrogen-bond donors (Lipinski definition) is 3. The highest BCUT2D eigenvalue weighted by atomic mass is 16.5. The van der Waals surface area contributed by atoms with Gasteiger partial charge in [-0.2, -0.15) is 0 Å². The first-order valence-corrected chi connectivity index (χ1v) is 5.58. The van der Waals surface area contributed by atoms with E-state index in [0.717, 1.165) is 0 Å². The highest BCUT2D eigenvalue weighted by molar-refractivity contribution is 5.81. The maximum Gasteiger partial charge on any atom is 0.167 e. The first-order chi connectivity index (χ1) is 8.70. The number of aromatic nitrogens is 4. The molecule has 8 nitrogen and oxygen atoms in total.